The van der Waals surface area contributed by atoms with Crippen LogP contribution in [0.1, 0.15) is 37.6 Å². The molecule has 0 amide bonds. The monoisotopic (exact) mass is 222 g/mol. The summed E-state index contributed by atoms with van der Waals surface area (Å²) in [5, 5.41) is 14.1. The van der Waals surface area contributed by atoms with Crippen LogP contribution in [0.25, 0.3) is 0 Å². The number of nitrogens with zero attached hydrogens (tertiary/aromatic N) is 1. The van der Waals surface area contributed by atoms with Crippen LogP contribution in [0.5, 0.6) is 0 Å². The second-order valence-corrected chi connectivity index (χ2v) is 4.93. The molecule has 1 aromatic rings. The predicted molar refractivity (Wildman–Crippen MR) is 64.7 cm³/mol. The maximum atomic E-state index is 8.45. The Labute approximate surface area is 95.9 Å². The second kappa shape index (κ2) is 6.60. The first-order valence-electron chi connectivity index (χ1n) is 5.39. The van der Waals surface area contributed by atoms with E-state index < -0.39 is 0 Å². The predicted octanol–water partition coefficient (Wildman–Crippen LogP) is 3.34. The number of hydrogen-bond acceptors (Lipinski definition) is 3. The summed E-state index contributed by atoms with van der Waals surface area (Å²) in [4.78, 5) is 1.39. The standard InChI is InChI=1S/C12H18N2S/c1-10(2)12(11-6-5-9-15-11)14-8-4-3-7-13/h5-6,9-10,12,14H,3-4,8H2,1-2H3. The van der Waals surface area contributed by atoms with E-state index in [1.54, 1.807) is 11.3 Å². The van der Waals surface area contributed by atoms with Gasteiger partial charge in [-0.1, -0.05) is 19.9 Å². The highest BCUT2D eigenvalue weighted by Crippen LogP contribution is 2.25. The number of rotatable bonds is 6. The molecule has 0 saturated heterocycles. The number of hydrogen-bond donors (Lipinski definition) is 1. The Morgan fingerprint density at radius 3 is 2.87 bits per heavy atom. The molecular formula is C12H18N2S. The Morgan fingerprint density at radius 1 is 1.53 bits per heavy atom. The van der Waals surface area contributed by atoms with Gasteiger partial charge in [-0.3, -0.25) is 0 Å². The first kappa shape index (κ1) is 12.2. The fraction of sp³-hybridized carbons (Fsp3) is 0.583. The minimum atomic E-state index is 0.434. The van der Waals surface area contributed by atoms with Crippen LogP contribution in [0.3, 0.4) is 0 Å². The first-order valence-corrected chi connectivity index (χ1v) is 6.27. The van der Waals surface area contributed by atoms with Crippen LogP contribution in [0.4, 0.5) is 0 Å². The number of nitrogens with one attached hydrogen (secondary N) is 1. The molecule has 1 heterocycles. The zero-order valence-corrected chi connectivity index (χ0v) is 10.2. The highest BCUT2D eigenvalue weighted by atomic mass is 32.1. The third-order valence-corrected chi connectivity index (χ3v) is 3.30. The minimum absolute atomic E-state index is 0.434. The van der Waals surface area contributed by atoms with Crippen LogP contribution in [0.15, 0.2) is 17.5 Å². The number of thiophene rings is 1. The molecule has 0 bridgehead atoms. The van der Waals surface area contributed by atoms with E-state index >= 15 is 0 Å². The maximum Gasteiger partial charge on any atom is 0.0622 e. The molecule has 0 aliphatic rings. The van der Waals surface area contributed by atoms with E-state index in [1.807, 2.05) is 0 Å². The van der Waals surface area contributed by atoms with E-state index in [1.165, 1.54) is 4.88 Å². The molecule has 1 aromatic heterocycles. The molecule has 0 saturated carbocycles. The quantitative estimate of drug-likeness (QED) is 0.749. The molecule has 0 aromatic carbocycles. The van der Waals surface area contributed by atoms with Crippen molar-refractivity contribution in [3.05, 3.63) is 22.4 Å². The number of nitriles is 1. The van der Waals surface area contributed by atoms with Crippen molar-refractivity contribution in [2.45, 2.75) is 32.7 Å². The van der Waals surface area contributed by atoms with Gasteiger partial charge in [-0.2, -0.15) is 5.26 Å². The second-order valence-electron chi connectivity index (χ2n) is 3.95. The molecule has 15 heavy (non-hydrogen) atoms. The average molecular weight is 222 g/mol. The summed E-state index contributed by atoms with van der Waals surface area (Å²) >= 11 is 1.80. The minimum Gasteiger partial charge on any atom is -0.309 e. The molecule has 0 fully saturated rings. The lowest BCUT2D eigenvalue weighted by atomic mass is 10.0. The Kier molecular flexibility index (Phi) is 5.38. The van der Waals surface area contributed by atoms with Crippen LogP contribution in [0.2, 0.25) is 0 Å². The third-order valence-electron chi connectivity index (χ3n) is 2.35. The van der Waals surface area contributed by atoms with Crippen LogP contribution in [-0.2, 0) is 0 Å². The lowest BCUT2D eigenvalue weighted by Gasteiger charge is -2.20. The van der Waals surface area contributed by atoms with Gasteiger partial charge < -0.3 is 5.32 Å². The van der Waals surface area contributed by atoms with Gasteiger partial charge in [-0.05, 0) is 30.3 Å². The highest BCUT2D eigenvalue weighted by molar-refractivity contribution is 7.10. The van der Waals surface area contributed by atoms with Crippen molar-refractivity contribution in [2.24, 2.45) is 5.92 Å². The highest BCUT2D eigenvalue weighted by Gasteiger charge is 2.15. The molecule has 1 atom stereocenters. The molecule has 2 nitrogen and oxygen atoms in total. The Hall–Kier alpha value is -0.850. The molecule has 0 spiro atoms. The smallest absolute Gasteiger partial charge is 0.0622 e. The van der Waals surface area contributed by atoms with Crippen LogP contribution in [0, 0.1) is 17.2 Å². The van der Waals surface area contributed by atoms with E-state index in [2.05, 4.69) is 42.7 Å². The largest absolute Gasteiger partial charge is 0.309 e. The van der Waals surface area contributed by atoms with E-state index in [-0.39, 0.29) is 0 Å². The molecule has 0 aliphatic carbocycles. The first-order chi connectivity index (χ1) is 7.25. The summed E-state index contributed by atoms with van der Waals surface area (Å²) < 4.78 is 0. The zero-order valence-electron chi connectivity index (χ0n) is 9.36. The van der Waals surface area contributed by atoms with E-state index in [4.69, 9.17) is 5.26 Å². The van der Waals surface area contributed by atoms with Crippen molar-refractivity contribution in [1.29, 1.82) is 5.26 Å². The molecule has 1 rings (SSSR count). The summed E-state index contributed by atoms with van der Waals surface area (Å²) in [6.07, 6.45) is 1.58. The van der Waals surface area contributed by atoms with Gasteiger partial charge in [0, 0.05) is 17.3 Å². The van der Waals surface area contributed by atoms with Crippen molar-refractivity contribution in [2.75, 3.05) is 6.54 Å². The molecule has 0 aliphatic heterocycles. The molecule has 0 radical (unpaired) electrons. The van der Waals surface area contributed by atoms with Crippen molar-refractivity contribution in [3.63, 3.8) is 0 Å². The van der Waals surface area contributed by atoms with E-state index in [0.717, 1.165) is 13.0 Å². The zero-order chi connectivity index (χ0) is 11.1. The summed E-state index contributed by atoms with van der Waals surface area (Å²) in [6.45, 7) is 5.37. The van der Waals surface area contributed by atoms with Gasteiger partial charge in [-0.25, -0.2) is 0 Å². The summed E-state index contributed by atoms with van der Waals surface area (Å²) in [5.41, 5.74) is 0. The van der Waals surface area contributed by atoms with Crippen molar-refractivity contribution in [1.82, 2.24) is 5.32 Å². The Morgan fingerprint density at radius 2 is 2.33 bits per heavy atom. The van der Waals surface area contributed by atoms with Crippen LogP contribution < -0.4 is 5.32 Å². The number of unbranched alkanes of at least 4 members (excludes halogenated alkanes) is 1. The summed E-state index contributed by atoms with van der Waals surface area (Å²) in [6, 6.07) is 6.86. The van der Waals surface area contributed by atoms with Crippen molar-refractivity contribution >= 4 is 11.3 Å². The van der Waals surface area contributed by atoms with Gasteiger partial charge in [0.15, 0.2) is 0 Å². The lowest BCUT2D eigenvalue weighted by molar-refractivity contribution is 0.416. The van der Waals surface area contributed by atoms with Crippen molar-refractivity contribution in [3.8, 4) is 6.07 Å². The SMILES string of the molecule is CC(C)C(NCCCC#N)c1cccs1. The van der Waals surface area contributed by atoms with Crippen molar-refractivity contribution < 1.29 is 0 Å². The third kappa shape index (κ3) is 4.03. The molecule has 82 valence electrons. The van der Waals surface area contributed by atoms with Gasteiger partial charge in [0.25, 0.3) is 0 Å². The van der Waals surface area contributed by atoms with Crippen LogP contribution in [-0.4, -0.2) is 6.54 Å². The molecular weight excluding hydrogens is 204 g/mol. The van der Waals surface area contributed by atoms with Gasteiger partial charge >= 0.3 is 0 Å². The average Bonchev–Trinajstić information content (AvgIpc) is 2.70. The molecule has 1 N–H and O–H groups in total. The molecule has 3 heteroatoms. The normalized spacial score (nSPS) is 12.7. The lowest BCUT2D eigenvalue weighted by Crippen LogP contribution is -2.25. The fourth-order valence-electron chi connectivity index (χ4n) is 1.56. The van der Waals surface area contributed by atoms with E-state index in [0.29, 0.717) is 18.4 Å². The Bertz CT molecular complexity index is 298. The summed E-state index contributed by atoms with van der Waals surface area (Å²) in [7, 11) is 0. The Balaban J connectivity index is 2.43. The van der Waals surface area contributed by atoms with Gasteiger partial charge in [-0.15, -0.1) is 11.3 Å². The molecule has 1 unspecified atom stereocenters. The van der Waals surface area contributed by atoms with Gasteiger partial charge in [0.2, 0.25) is 0 Å². The summed E-state index contributed by atoms with van der Waals surface area (Å²) in [5.74, 6) is 0.589. The van der Waals surface area contributed by atoms with E-state index in [9.17, 15) is 0 Å². The van der Waals surface area contributed by atoms with Gasteiger partial charge in [0.05, 0.1) is 6.07 Å². The fourth-order valence-corrected chi connectivity index (χ4v) is 2.53. The van der Waals surface area contributed by atoms with Gasteiger partial charge in [0.1, 0.15) is 0 Å². The maximum absolute atomic E-state index is 8.45. The van der Waals surface area contributed by atoms with Crippen LogP contribution >= 0.6 is 11.3 Å². The topological polar surface area (TPSA) is 35.8 Å².